The molecular formula is C17H14Br2N2O2. The fourth-order valence-corrected chi connectivity index (χ4v) is 2.98. The quantitative estimate of drug-likeness (QED) is 0.536. The molecule has 0 radical (unpaired) electrons. The monoisotopic (exact) mass is 436 g/mol. The molecule has 2 aromatic carbocycles. The van der Waals surface area contributed by atoms with Gasteiger partial charge in [0.25, 0.3) is 5.91 Å². The van der Waals surface area contributed by atoms with Crippen molar-refractivity contribution in [3.8, 4) is 5.75 Å². The van der Waals surface area contributed by atoms with Crippen molar-refractivity contribution >= 4 is 49.6 Å². The molecular weight excluding hydrogens is 424 g/mol. The summed E-state index contributed by atoms with van der Waals surface area (Å²) in [6.07, 6.45) is 3.70. The average molecular weight is 438 g/mol. The lowest BCUT2D eigenvalue weighted by atomic mass is 10.2. The van der Waals surface area contributed by atoms with Crippen LogP contribution in [-0.4, -0.2) is 16.7 Å². The summed E-state index contributed by atoms with van der Waals surface area (Å²) in [6, 6.07) is 13.0. The number of hydrazone groups is 1. The molecule has 0 saturated carbocycles. The van der Waals surface area contributed by atoms with Gasteiger partial charge >= 0.3 is 0 Å². The van der Waals surface area contributed by atoms with Crippen molar-refractivity contribution < 1.29 is 9.90 Å². The lowest BCUT2D eigenvalue weighted by molar-refractivity contribution is 0.0952. The number of phenolic OH excluding ortho intramolecular Hbond substituents is 1. The van der Waals surface area contributed by atoms with Crippen LogP contribution in [0.3, 0.4) is 0 Å². The third-order valence-corrected chi connectivity index (χ3v) is 3.99. The number of nitrogens with one attached hydrogen (secondary N) is 1. The van der Waals surface area contributed by atoms with E-state index in [2.05, 4.69) is 42.4 Å². The topological polar surface area (TPSA) is 61.7 Å². The summed E-state index contributed by atoms with van der Waals surface area (Å²) in [5.74, 6) is -0.615. The number of phenols is 1. The molecule has 0 aliphatic heterocycles. The van der Waals surface area contributed by atoms with Crippen LogP contribution in [0.5, 0.6) is 5.75 Å². The molecule has 118 valence electrons. The molecule has 6 heteroatoms. The first kappa shape index (κ1) is 17.4. The highest BCUT2D eigenvalue weighted by atomic mass is 79.9. The lowest BCUT2D eigenvalue weighted by Gasteiger charge is -2.06. The molecule has 23 heavy (non-hydrogen) atoms. The standard InChI is InChI=1S/C17H14Br2N2O2/c1-11(7-8-12-5-3-2-4-6-12)20-21-17(23)14-9-13(18)10-15(19)16(14)22/h2-10,22H,1H3,(H,21,23)/b8-7+,20-11-. The Hall–Kier alpha value is -1.92. The summed E-state index contributed by atoms with van der Waals surface area (Å²) in [6.45, 7) is 1.77. The average Bonchev–Trinajstić information content (AvgIpc) is 2.55. The van der Waals surface area contributed by atoms with E-state index >= 15 is 0 Å². The van der Waals surface area contributed by atoms with E-state index in [1.165, 1.54) is 6.07 Å². The Morgan fingerprint density at radius 1 is 1.22 bits per heavy atom. The van der Waals surface area contributed by atoms with E-state index in [1.807, 2.05) is 36.4 Å². The third kappa shape index (κ3) is 5.04. The summed E-state index contributed by atoms with van der Waals surface area (Å²) in [5, 5.41) is 13.9. The Labute approximate surface area is 151 Å². The van der Waals surface area contributed by atoms with E-state index in [4.69, 9.17) is 0 Å². The molecule has 0 unspecified atom stereocenters. The number of allylic oxidation sites excluding steroid dienone is 1. The number of benzene rings is 2. The second-order valence-corrected chi connectivity index (χ2v) is 6.49. The highest BCUT2D eigenvalue weighted by Crippen LogP contribution is 2.31. The Bertz CT molecular complexity index is 772. The number of rotatable bonds is 4. The minimum Gasteiger partial charge on any atom is -0.506 e. The van der Waals surface area contributed by atoms with Crippen molar-refractivity contribution in [2.45, 2.75) is 6.92 Å². The van der Waals surface area contributed by atoms with Crippen LogP contribution in [0.2, 0.25) is 0 Å². The van der Waals surface area contributed by atoms with Gasteiger partial charge in [-0.2, -0.15) is 5.10 Å². The molecule has 0 heterocycles. The van der Waals surface area contributed by atoms with Gasteiger partial charge in [0.15, 0.2) is 0 Å². The largest absolute Gasteiger partial charge is 0.506 e. The van der Waals surface area contributed by atoms with Crippen LogP contribution in [0.15, 0.2) is 62.6 Å². The van der Waals surface area contributed by atoms with E-state index in [0.29, 0.717) is 14.7 Å². The zero-order chi connectivity index (χ0) is 16.8. The Balaban J connectivity index is 2.07. The van der Waals surface area contributed by atoms with Crippen LogP contribution in [-0.2, 0) is 0 Å². The van der Waals surface area contributed by atoms with Gasteiger partial charge < -0.3 is 5.11 Å². The van der Waals surface area contributed by atoms with E-state index in [0.717, 1.165) is 5.56 Å². The normalized spacial score (nSPS) is 11.7. The van der Waals surface area contributed by atoms with Gasteiger partial charge in [-0.1, -0.05) is 52.3 Å². The molecule has 4 nitrogen and oxygen atoms in total. The van der Waals surface area contributed by atoms with Crippen LogP contribution in [0.1, 0.15) is 22.8 Å². The molecule has 2 N–H and O–H groups in total. The second-order valence-electron chi connectivity index (χ2n) is 4.72. The first-order valence-corrected chi connectivity index (χ1v) is 8.31. The van der Waals surface area contributed by atoms with E-state index in [-0.39, 0.29) is 11.3 Å². The molecule has 0 bridgehead atoms. The van der Waals surface area contributed by atoms with Gasteiger partial charge in [-0.15, -0.1) is 0 Å². The molecule has 1 amide bonds. The van der Waals surface area contributed by atoms with Crippen molar-refractivity contribution in [1.82, 2.24) is 5.43 Å². The van der Waals surface area contributed by atoms with Gasteiger partial charge in [0.2, 0.25) is 0 Å². The van der Waals surface area contributed by atoms with Crippen molar-refractivity contribution in [1.29, 1.82) is 0 Å². The van der Waals surface area contributed by atoms with Crippen molar-refractivity contribution in [2.24, 2.45) is 5.10 Å². The van der Waals surface area contributed by atoms with E-state index in [1.54, 1.807) is 19.1 Å². The maximum atomic E-state index is 12.1. The minimum absolute atomic E-state index is 0.126. The third-order valence-electron chi connectivity index (χ3n) is 2.92. The smallest absolute Gasteiger partial charge is 0.275 e. The molecule has 2 rings (SSSR count). The van der Waals surface area contributed by atoms with Crippen molar-refractivity contribution in [3.05, 3.63) is 68.6 Å². The predicted molar refractivity (Wildman–Crippen MR) is 99.6 cm³/mol. The van der Waals surface area contributed by atoms with Crippen LogP contribution in [0.25, 0.3) is 6.08 Å². The van der Waals surface area contributed by atoms with Gasteiger partial charge in [-0.25, -0.2) is 5.43 Å². The molecule has 0 saturated heterocycles. The Morgan fingerprint density at radius 2 is 1.91 bits per heavy atom. The molecule has 0 atom stereocenters. The van der Waals surface area contributed by atoms with Gasteiger partial charge in [0, 0.05) is 4.47 Å². The van der Waals surface area contributed by atoms with E-state index < -0.39 is 5.91 Å². The number of hydrogen-bond donors (Lipinski definition) is 2. The summed E-state index contributed by atoms with van der Waals surface area (Å²) >= 11 is 6.47. The SMILES string of the molecule is CC(/C=C/c1ccccc1)=N/NC(=O)c1cc(Br)cc(Br)c1O. The predicted octanol–water partition coefficient (Wildman–Crippen LogP) is 4.74. The summed E-state index contributed by atoms with van der Waals surface area (Å²) in [7, 11) is 0. The second kappa shape index (κ2) is 8.08. The van der Waals surface area contributed by atoms with Crippen molar-refractivity contribution in [3.63, 3.8) is 0 Å². The van der Waals surface area contributed by atoms with Crippen molar-refractivity contribution in [2.75, 3.05) is 0 Å². The van der Waals surface area contributed by atoms with Crippen LogP contribution < -0.4 is 5.43 Å². The maximum absolute atomic E-state index is 12.1. The minimum atomic E-state index is -0.489. The number of carbonyl (C=O) groups excluding carboxylic acids is 1. The zero-order valence-electron chi connectivity index (χ0n) is 12.3. The van der Waals surface area contributed by atoms with Gasteiger partial charge in [0.1, 0.15) is 5.75 Å². The number of halogens is 2. The van der Waals surface area contributed by atoms with Crippen LogP contribution in [0.4, 0.5) is 0 Å². The number of nitrogens with zero attached hydrogens (tertiary/aromatic N) is 1. The summed E-state index contributed by atoms with van der Waals surface area (Å²) < 4.78 is 1.11. The molecule has 0 aliphatic carbocycles. The molecule has 0 spiro atoms. The fraction of sp³-hybridized carbons (Fsp3) is 0.0588. The van der Waals surface area contributed by atoms with Crippen LogP contribution >= 0.6 is 31.9 Å². The zero-order valence-corrected chi connectivity index (χ0v) is 15.4. The highest BCUT2D eigenvalue weighted by Gasteiger charge is 2.14. The van der Waals surface area contributed by atoms with Gasteiger partial charge in [-0.05, 0) is 46.6 Å². The van der Waals surface area contributed by atoms with Gasteiger partial charge in [-0.3, -0.25) is 4.79 Å². The first-order chi connectivity index (χ1) is 11.0. The lowest BCUT2D eigenvalue weighted by Crippen LogP contribution is -2.19. The fourth-order valence-electron chi connectivity index (χ4n) is 1.76. The van der Waals surface area contributed by atoms with Gasteiger partial charge in [0.05, 0.1) is 15.7 Å². The number of amides is 1. The summed E-state index contributed by atoms with van der Waals surface area (Å²) in [4.78, 5) is 12.1. The molecule has 2 aromatic rings. The number of hydrogen-bond acceptors (Lipinski definition) is 3. The molecule has 0 aliphatic rings. The number of carbonyl (C=O) groups is 1. The summed E-state index contributed by atoms with van der Waals surface area (Å²) in [5.41, 5.74) is 4.24. The number of aromatic hydroxyl groups is 1. The Morgan fingerprint density at radius 3 is 2.61 bits per heavy atom. The van der Waals surface area contributed by atoms with Crippen LogP contribution in [0, 0.1) is 0 Å². The highest BCUT2D eigenvalue weighted by molar-refractivity contribution is 9.11. The molecule has 0 aromatic heterocycles. The Kier molecular flexibility index (Phi) is 6.12. The maximum Gasteiger partial charge on any atom is 0.275 e. The molecule has 0 fully saturated rings. The first-order valence-electron chi connectivity index (χ1n) is 6.73. The van der Waals surface area contributed by atoms with E-state index in [9.17, 15) is 9.90 Å².